The third kappa shape index (κ3) is 4.57. The molecule has 0 bridgehead atoms. The molecule has 3 aromatic rings. The molecule has 5 nitrogen and oxygen atoms in total. The minimum atomic E-state index is 0.0374. The van der Waals surface area contributed by atoms with Crippen molar-refractivity contribution < 1.29 is 14.3 Å². The number of aromatic nitrogens is 1. The number of hydrogen-bond donors (Lipinski definition) is 0. The molecule has 1 fully saturated rings. The maximum absolute atomic E-state index is 13.3. The maximum Gasteiger partial charge on any atom is 0.233 e. The zero-order valence-electron chi connectivity index (χ0n) is 16.6. The van der Waals surface area contributed by atoms with Gasteiger partial charge in [-0.25, -0.2) is 4.98 Å². The van der Waals surface area contributed by atoms with Crippen LogP contribution in [0.2, 0.25) is 0 Å². The number of methoxy groups -OCH3 is 1. The number of hydrogen-bond acceptors (Lipinski definition) is 6. The summed E-state index contributed by atoms with van der Waals surface area (Å²) in [5, 5.41) is 0.700. The van der Waals surface area contributed by atoms with E-state index in [1.54, 1.807) is 23.8 Å². The predicted octanol–water partition coefficient (Wildman–Crippen LogP) is 4.78. The van der Waals surface area contributed by atoms with Crippen molar-refractivity contribution in [1.82, 2.24) is 4.98 Å². The van der Waals surface area contributed by atoms with Gasteiger partial charge in [-0.3, -0.25) is 9.69 Å². The zero-order valence-corrected chi connectivity index (χ0v) is 18.2. The summed E-state index contributed by atoms with van der Waals surface area (Å²) < 4.78 is 12.3. The minimum absolute atomic E-state index is 0.0374. The summed E-state index contributed by atoms with van der Waals surface area (Å²) in [6.07, 6.45) is 4.46. The topological polar surface area (TPSA) is 51.7 Å². The third-order valence-electron chi connectivity index (χ3n) is 5.05. The van der Waals surface area contributed by atoms with E-state index in [2.05, 4.69) is 12.1 Å². The molecule has 152 valence electrons. The average molecular weight is 429 g/mol. The number of carbonyl (C=O) groups excluding carboxylic acids is 1. The van der Waals surface area contributed by atoms with Gasteiger partial charge in [0.05, 0.1) is 30.9 Å². The Kier molecular flexibility index (Phi) is 6.37. The number of carbonyl (C=O) groups is 1. The quantitative estimate of drug-likeness (QED) is 0.507. The highest BCUT2D eigenvalue weighted by Gasteiger charge is 2.26. The number of nitrogens with zero attached hydrogens (tertiary/aromatic N) is 2. The van der Waals surface area contributed by atoms with Crippen LogP contribution in [-0.2, 0) is 16.0 Å². The van der Waals surface area contributed by atoms with Gasteiger partial charge in [-0.1, -0.05) is 29.5 Å². The summed E-state index contributed by atoms with van der Waals surface area (Å²) >= 11 is 3.21. The van der Waals surface area contributed by atoms with Crippen LogP contribution in [0.5, 0.6) is 5.75 Å². The summed E-state index contributed by atoms with van der Waals surface area (Å²) in [6, 6.07) is 14.0. The van der Waals surface area contributed by atoms with Crippen LogP contribution >= 0.6 is 23.1 Å². The van der Waals surface area contributed by atoms with E-state index in [9.17, 15) is 4.79 Å². The Morgan fingerprint density at radius 3 is 2.83 bits per heavy atom. The molecule has 0 aliphatic carbocycles. The first-order valence-electron chi connectivity index (χ1n) is 9.66. The van der Waals surface area contributed by atoms with Crippen molar-refractivity contribution in [3.8, 4) is 5.75 Å². The number of rotatable bonds is 7. The van der Waals surface area contributed by atoms with Crippen LogP contribution in [0.15, 0.2) is 47.4 Å². The molecule has 1 aromatic heterocycles. The molecule has 29 heavy (non-hydrogen) atoms. The largest absolute Gasteiger partial charge is 0.494 e. The van der Waals surface area contributed by atoms with Crippen LogP contribution in [0.25, 0.3) is 10.2 Å². The number of benzene rings is 2. The van der Waals surface area contributed by atoms with Crippen molar-refractivity contribution in [2.45, 2.75) is 30.3 Å². The Balaban J connectivity index is 1.62. The molecule has 7 heteroatoms. The molecule has 0 saturated carbocycles. The summed E-state index contributed by atoms with van der Waals surface area (Å²) in [7, 11) is 1.64. The highest BCUT2D eigenvalue weighted by atomic mass is 32.2. The number of ether oxygens (including phenoxy) is 2. The first-order chi connectivity index (χ1) is 14.2. The Bertz CT molecular complexity index is 981. The number of thiazole rings is 1. The lowest BCUT2D eigenvalue weighted by Crippen LogP contribution is -2.38. The molecule has 2 heterocycles. The van der Waals surface area contributed by atoms with Gasteiger partial charge in [-0.15, -0.1) is 11.8 Å². The maximum atomic E-state index is 13.3. The number of fused-ring (bicyclic) bond motifs is 1. The number of thioether (sulfide) groups is 1. The van der Waals surface area contributed by atoms with Crippen LogP contribution in [0.1, 0.15) is 18.4 Å². The minimum Gasteiger partial charge on any atom is -0.494 e. The summed E-state index contributed by atoms with van der Waals surface area (Å²) in [5.74, 6) is 0.762. The summed E-state index contributed by atoms with van der Waals surface area (Å²) in [4.78, 5) is 21.0. The van der Waals surface area contributed by atoms with Crippen LogP contribution in [0.3, 0.4) is 0 Å². The molecule has 4 rings (SSSR count). The van der Waals surface area contributed by atoms with E-state index in [1.165, 1.54) is 16.2 Å². The van der Waals surface area contributed by atoms with Crippen molar-refractivity contribution in [1.29, 1.82) is 0 Å². The molecule has 0 N–H and O–H groups in total. The fourth-order valence-corrected chi connectivity index (χ4v) is 4.90. The van der Waals surface area contributed by atoms with Gasteiger partial charge in [0.1, 0.15) is 11.3 Å². The Hall–Kier alpha value is -2.09. The lowest BCUT2D eigenvalue weighted by atomic mass is 10.1. The smallest absolute Gasteiger partial charge is 0.233 e. The second-order valence-corrected chi connectivity index (χ2v) is 8.86. The lowest BCUT2D eigenvalue weighted by Gasteiger charge is -2.23. The van der Waals surface area contributed by atoms with Gasteiger partial charge in [0.2, 0.25) is 5.91 Å². The fraction of sp³-hybridized carbons (Fsp3) is 0.364. The van der Waals surface area contributed by atoms with Crippen molar-refractivity contribution in [3.05, 3.63) is 48.0 Å². The second-order valence-electron chi connectivity index (χ2n) is 6.97. The van der Waals surface area contributed by atoms with E-state index in [1.807, 2.05) is 36.6 Å². The number of amides is 1. The average Bonchev–Trinajstić information content (AvgIpc) is 3.41. The third-order valence-corrected chi connectivity index (χ3v) is 6.83. The van der Waals surface area contributed by atoms with Crippen LogP contribution in [0, 0.1) is 0 Å². The summed E-state index contributed by atoms with van der Waals surface area (Å²) in [6.45, 7) is 1.29. The predicted molar refractivity (Wildman–Crippen MR) is 119 cm³/mol. The lowest BCUT2D eigenvalue weighted by molar-refractivity contribution is -0.118. The van der Waals surface area contributed by atoms with Crippen LogP contribution < -0.4 is 9.64 Å². The SMILES string of the molecule is COc1cccc2sc(N(CC3CCCO3)C(=O)Cc3ccc(SC)cc3)nc12. The molecule has 0 radical (unpaired) electrons. The first kappa shape index (κ1) is 20.2. The van der Waals surface area contributed by atoms with Crippen molar-refractivity contribution in [2.24, 2.45) is 0 Å². The van der Waals surface area contributed by atoms with E-state index in [-0.39, 0.29) is 12.0 Å². The molecule has 1 amide bonds. The molecule has 1 saturated heterocycles. The molecule has 2 aromatic carbocycles. The highest BCUT2D eigenvalue weighted by Crippen LogP contribution is 2.35. The van der Waals surface area contributed by atoms with E-state index in [0.29, 0.717) is 18.1 Å². The van der Waals surface area contributed by atoms with Gasteiger partial charge in [-0.05, 0) is 48.9 Å². The fourth-order valence-electron chi connectivity index (χ4n) is 3.48. The monoisotopic (exact) mass is 428 g/mol. The van der Waals surface area contributed by atoms with Crippen molar-refractivity contribution in [3.63, 3.8) is 0 Å². The number of para-hydroxylation sites is 1. The molecule has 1 atom stereocenters. The van der Waals surface area contributed by atoms with Crippen LogP contribution in [0.4, 0.5) is 5.13 Å². The molecule has 1 unspecified atom stereocenters. The Morgan fingerprint density at radius 2 is 2.14 bits per heavy atom. The van der Waals surface area contributed by atoms with Crippen LogP contribution in [-0.4, -0.2) is 43.5 Å². The Labute approximate surface area is 179 Å². The number of anilines is 1. The molecular weight excluding hydrogens is 404 g/mol. The van der Waals surface area contributed by atoms with Gasteiger partial charge in [0.25, 0.3) is 0 Å². The van der Waals surface area contributed by atoms with E-state index < -0.39 is 0 Å². The van der Waals surface area contributed by atoms with Gasteiger partial charge >= 0.3 is 0 Å². The van der Waals surface area contributed by atoms with Gasteiger partial charge in [0.15, 0.2) is 5.13 Å². The molecular formula is C22H24N2O3S2. The highest BCUT2D eigenvalue weighted by molar-refractivity contribution is 7.98. The van der Waals surface area contributed by atoms with Gasteiger partial charge in [-0.2, -0.15) is 0 Å². The van der Waals surface area contributed by atoms with Gasteiger partial charge in [0, 0.05) is 11.5 Å². The molecule has 1 aliphatic rings. The van der Waals surface area contributed by atoms with Crippen molar-refractivity contribution in [2.75, 3.05) is 31.4 Å². The molecule has 1 aliphatic heterocycles. The van der Waals surface area contributed by atoms with E-state index in [0.717, 1.165) is 41.0 Å². The normalized spacial score (nSPS) is 16.3. The summed E-state index contributed by atoms with van der Waals surface area (Å²) in [5.41, 5.74) is 1.80. The van der Waals surface area contributed by atoms with E-state index >= 15 is 0 Å². The molecule has 0 spiro atoms. The van der Waals surface area contributed by atoms with E-state index in [4.69, 9.17) is 14.5 Å². The Morgan fingerprint density at radius 1 is 1.31 bits per heavy atom. The first-order valence-corrected chi connectivity index (χ1v) is 11.7. The standard InChI is InChI=1S/C22H24N2O3S2/c1-26-18-6-3-7-19-21(18)23-22(29-19)24(14-16-5-4-12-27-16)20(25)13-15-8-10-17(28-2)11-9-15/h3,6-11,16H,4-5,12-14H2,1-2H3. The van der Waals surface area contributed by atoms with Gasteiger partial charge < -0.3 is 9.47 Å². The van der Waals surface area contributed by atoms with Crippen molar-refractivity contribution >= 4 is 44.4 Å². The zero-order chi connectivity index (χ0) is 20.2. The second kappa shape index (κ2) is 9.15.